The molecular formula is C12H20O2. The molecular weight excluding hydrogens is 176 g/mol. The van der Waals surface area contributed by atoms with Crippen LogP contribution in [0, 0.1) is 11.3 Å². The van der Waals surface area contributed by atoms with E-state index in [0.29, 0.717) is 5.92 Å². The highest BCUT2D eigenvalue weighted by Crippen LogP contribution is 2.38. The molecule has 2 nitrogen and oxygen atoms in total. The van der Waals surface area contributed by atoms with E-state index < -0.39 is 0 Å². The molecule has 0 radical (unpaired) electrons. The summed E-state index contributed by atoms with van der Waals surface area (Å²) < 4.78 is 4.84. The summed E-state index contributed by atoms with van der Waals surface area (Å²) in [4.78, 5) is 11.6. The van der Waals surface area contributed by atoms with Crippen LogP contribution in [0.15, 0.2) is 11.6 Å². The first-order valence-corrected chi connectivity index (χ1v) is 5.22. The number of hydrogen-bond acceptors (Lipinski definition) is 2. The normalized spacial score (nSPS) is 22.9. The zero-order valence-corrected chi connectivity index (χ0v) is 9.59. The molecule has 0 unspecified atom stereocenters. The van der Waals surface area contributed by atoms with Crippen molar-refractivity contribution in [1.29, 1.82) is 0 Å². The third kappa shape index (κ3) is 2.17. The van der Waals surface area contributed by atoms with Crippen molar-refractivity contribution in [2.24, 2.45) is 11.3 Å². The van der Waals surface area contributed by atoms with E-state index in [2.05, 4.69) is 13.0 Å². The van der Waals surface area contributed by atoms with Crippen LogP contribution < -0.4 is 0 Å². The van der Waals surface area contributed by atoms with Crippen molar-refractivity contribution in [2.45, 2.75) is 40.0 Å². The van der Waals surface area contributed by atoms with Gasteiger partial charge in [0.2, 0.25) is 0 Å². The first-order valence-electron chi connectivity index (χ1n) is 5.22. The largest absolute Gasteiger partial charge is 0.469 e. The lowest BCUT2D eigenvalue weighted by Gasteiger charge is -2.33. The number of methoxy groups -OCH3 is 1. The van der Waals surface area contributed by atoms with Crippen LogP contribution in [-0.4, -0.2) is 13.1 Å². The Morgan fingerprint density at radius 2 is 2.21 bits per heavy atom. The molecule has 80 valence electrons. The summed E-state index contributed by atoms with van der Waals surface area (Å²) in [6.07, 6.45) is 5.47. The highest BCUT2D eigenvalue weighted by atomic mass is 16.5. The Balaban J connectivity index is 2.69. The predicted molar refractivity (Wildman–Crippen MR) is 56.9 cm³/mol. The summed E-state index contributed by atoms with van der Waals surface area (Å²) in [7, 11) is 1.47. The van der Waals surface area contributed by atoms with E-state index in [1.807, 2.05) is 13.8 Å². The Labute approximate surface area is 86.3 Å². The minimum Gasteiger partial charge on any atom is -0.469 e. The van der Waals surface area contributed by atoms with Crippen LogP contribution in [0.2, 0.25) is 0 Å². The number of rotatable bonds is 2. The molecule has 1 atom stereocenters. The molecule has 14 heavy (non-hydrogen) atoms. The minimum atomic E-state index is -0.341. The van der Waals surface area contributed by atoms with Gasteiger partial charge in [0.05, 0.1) is 12.5 Å². The lowest BCUT2D eigenvalue weighted by atomic mass is 9.72. The van der Waals surface area contributed by atoms with Gasteiger partial charge >= 0.3 is 5.97 Å². The van der Waals surface area contributed by atoms with Gasteiger partial charge in [-0.3, -0.25) is 4.79 Å². The summed E-state index contributed by atoms with van der Waals surface area (Å²) in [6, 6.07) is 0. The third-order valence-electron chi connectivity index (χ3n) is 3.37. The summed E-state index contributed by atoms with van der Waals surface area (Å²) in [6.45, 7) is 6.12. The van der Waals surface area contributed by atoms with Gasteiger partial charge in [-0.2, -0.15) is 0 Å². The number of allylic oxidation sites excluding steroid dienone is 2. The smallest absolute Gasteiger partial charge is 0.311 e. The predicted octanol–water partition coefficient (Wildman–Crippen LogP) is 2.93. The second-order valence-corrected chi connectivity index (χ2v) is 4.74. The number of esters is 1. The van der Waals surface area contributed by atoms with Crippen LogP contribution in [-0.2, 0) is 9.53 Å². The maximum atomic E-state index is 11.6. The Bertz CT molecular complexity index is 251. The lowest BCUT2D eigenvalue weighted by molar-refractivity contribution is -0.154. The maximum absolute atomic E-state index is 11.6. The monoisotopic (exact) mass is 196 g/mol. The van der Waals surface area contributed by atoms with Crippen molar-refractivity contribution in [3.63, 3.8) is 0 Å². The molecule has 0 aliphatic heterocycles. The molecule has 0 saturated carbocycles. The number of hydrogen-bond donors (Lipinski definition) is 0. The van der Waals surface area contributed by atoms with Crippen molar-refractivity contribution in [3.8, 4) is 0 Å². The van der Waals surface area contributed by atoms with Gasteiger partial charge < -0.3 is 4.74 Å². The fraction of sp³-hybridized carbons (Fsp3) is 0.750. The first-order chi connectivity index (χ1) is 6.48. The zero-order chi connectivity index (χ0) is 10.8. The highest BCUT2D eigenvalue weighted by molar-refractivity contribution is 5.76. The van der Waals surface area contributed by atoms with Crippen LogP contribution in [0.25, 0.3) is 0 Å². The molecule has 0 aromatic carbocycles. The van der Waals surface area contributed by atoms with Crippen LogP contribution in [0.1, 0.15) is 40.0 Å². The van der Waals surface area contributed by atoms with Crippen LogP contribution in [0.3, 0.4) is 0 Å². The van der Waals surface area contributed by atoms with Crippen molar-refractivity contribution in [3.05, 3.63) is 11.6 Å². The van der Waals surface area contributed by atoms with Crippen LogP contribution in [0.4, 0.5) is 0 Å². The quantitative estimate of drug-likeness (QED) is 0.501. The van der Waals surface area contributed by atoms with E-state index in [4.69, 9.17) is 4.74 Å². The first kappa shape index (κ1) is 11.3. The number of carbonyl (C=O) groups excluding carboxylic acids is 1. The zero-order valence-electron chi connectivity index (χ0n) is 9.59. The molecule has 0 aromatic rings. The van der Waals surface area contributed by atoms with E-state index in [9.17, 15) is 4.79 Å². The molecule has 0 aromatic heterocycles. The molecule has 0 spiro atoms. The summed E-state index contributed by atoms with van der Waals surface area (Å²) >= 11 is 0. The molecule has 0 saturated heterocycles. The highest BCUT2D eigenvalue weighted by Gasteiger charge is 2.37. The summed E-state index contributed by atoms with van der Waals surface area (Å²) in [5.41, 5.74) is 1.10. The molecule has 0 heterocycles. The number of ether oxygens (including phenoxy) is 1. The Kier molecular flexibility index (Phi) is 3.35. The van der Waals surface area contributed by atoms with Gasteiger partial charge in [0, 0.05) is 0 Å². The van der Waals surface area contributed by atoms with Crippen molar-refractivity contribution >= 4 is 5.97 Å². The molecule has 1 aliphatic rings. The minimum absolute atomic E-state index is 0.0875. The summed E-state index contributed by atoms with van der Waals surface area (Å²) in [5.74, 6) is 0.342. The van der Waals surface area contributed by atoms with Gasteiger partial charge in [-0.25, -0.2) is 0 Å². The van der Waals surface area contributed by atoms with Crippen molar-refractivity contribution in [2.75, 3.05) is 7.11 Å². The van der Waals surface area contributed by atoms with Gasteiger partial charge in [-0.05, 0) is 46.0 Å². The molecule has 1 aliphatic carbocycles. The van der Waals surface area contributed by atoms with Gasteiger partial charge in [-0.1, -0.05) is 11.6 Å². The standard InChI is InChI=1S/C12H20O2/c1-9-5-7-10(8-6-9)12(2,3)11(13)14-4/h5,10H,6-8H2,1-4H3/t10-/m1/s1. The fourth-order valence-corrected chi connectivity index (χ4v) is 2.05. The lowest BCUT2D eigenvalue weighted by Crippen LogP contribution is -2.34. The Morgan fingerprint density at radius 1 is 1.57 bits per heavy atom. The van der Waals surface area contributed by atoms with E-state index in [-0.39, 0.29) is 11.4 Å². The fourth-order valence-electron chi connectivity index (χ4n) is 2.05. The third-order valence-corrected chi connectivity index (χ3v) is 3.37. The van der Waals surface area contributed by atoms with Crippen LogP contribution >= 0.6 is 0 Å². The summed E-state index contributed by atoms with van der Waals surface area (Å²) in [5, 5.41) is 0. The average molecular weight is 196 g/mol. The van der Waals surface area contributed by atoms with E-state index in [1.165, 1.54) is 12.7 Å². The van der Waals surface area contributed by atoms with Gasteiger partial charge in [0.25, 0.3) is 0 Å². The van der Waals surface area contributed by atoms with E-state index >= 15 is 0 Å². The molecule has 0 fully saturated rings. The topological polar surface area (TPSA) is 26.3 Å². The SMILES string of the molecule is COC(=O)C(C)(C)[C@@H]1CC=C(C)CC1. The van der Waals surface area contributed by atoms with Crippen molar-refractivity contribution < 1.29 is 9.53 Å². The average Bonchev–Trinajstić information content (AvgIpc) is 2.17. The molecule has 0 bridgehead atoms. The molecule has 0 N–H and O–H groups in total. The number of carbonyl (C=O) groups is 1. The second kappa shape index (κ2) is 4.16. The van der Waals surface area contributed by atoms with E-state index in [1.54, 1.807) is 0 Å². The van der Waals surface area contributed by atoms with Gasteiger partial charge in [0.15, 0.2) is 0 Å². The van der Waals surface area contributed by atoms with E-state index in [0.717, 1.165) is 19.3 Å². The van der Waals surface area contributed by atoms with Crippen molar-refractivity contribution in [1.82, 2.24) is 0 Å². The van der Waals surface area contributed by atoms with Crippen LogP contribution in [0.5, 0.6) is 0 Å². The Morgan fingerprint density at radius 3 is 2.64 bits per heavy atom. The molecule has 1 rings (SSSR count). The van der Waals surface area contributed by atoms with Gasteiger partial charge in [0.1, 0.15) is 0 Å². The maximum Gasteiger partial charge on any atom is 0.311 e. The molecule has 0 amide bonds. The van der Waals surface area contributed by atoms with Gasteiger partial charge in [-0.15, -0.1) is 0 Å². The Hall–Kier alpha value is -0.790. The molecule has 2 heteroatoms. The second-order valence-electron chi connectivity index (χ2n) is 4.74.